The standard InChI is InChI=1S/C20H18F3N5O3S/c21-20(22,23)13-2-1-3-14(10-13)27-8-6-26(7-9-27)12-18(29)25-19-24-16-5-4-15(28(30)31)11-17(16)32-19/h1-5,10-11H,6-9,12H2,(H,24,25,29). The summed E-state index contributed by atoms with van der Waals surface area (Å²) in [5, 5.41) is 14.0. The molecule has 1 fully saturated rings. The number of nitrogens with zero attached hydrogens (tertiary/aromatic N) is 4. The normalized spacial score (nSPS) is 15.2. The maximum absolute atomic E-state index is 12.9. The third-order valence-corrected chi connectivity index (χ3v) is 6.04. The number of nitrogens with one attached hydrogen (secondary N) is 1. The third kappa shape index (κ3) is 4.97. The first-order valence-electron chi connectivity index (χ1n) is 9.68. The summed E-state index contributed by atoms with van der Waals surface area (Å²) in [5.74, 6) is -0.272. The molecule has 4 rings (SSSR count). The summed E-state index contributed by atoms with van der Waals surface area (Å²) >= 11 is 1.15. The molecule has 12 heteroatoms. The lowest BCUT2D eigenvalue weighted by Gasteiger charge is -2.35. The van der Waals surface area contributed by atoms with E-state index in [0.29, 0.717) is 47.2 Å². The number of hydrogen-bond donors (Lipinski definition) is 1. The van der Waals surface area contributed by atoms with Gasteiger partial charge < -0.3 is 10.2 Å². The number of anilines is 2. The van der Waals surface area contributed by atoms with E-state index in [1.807, 2.05) is 9.80 Å². The molecule has 1 saturated heterocycles. The summed E-state index contributed by atoms with van der Waals surface area (Å²) < 4.78 is 39.4. The lowest BCUT2D eigenvalue weighted by Crippen LogP contribution is -2.48. The molecule has 0 unspecified atom stereocenters. The Bertz CT molecular complexity index is 1160. The molecule has 0 saturated carbocycles. The van der Waals surface area contributed by atoms with Crippen LogP contribution in [0.1, 0.15) is 5.56 Å². The Kier molecular flexibility index (Phi) is 5.98. The molecule has 32 heavy (non-hydrogen) atoms. The van der Waals surface area contributed by atoms with Gasteiger partial charge in [0.1, 0.15) is 0 Å². The number of thiazole rings is 1. The average molecular weight is 465 g/mol. The van der Waals surface area contributed by atoms with Crippen molar-refractivity contribution in [1.82, 2.24) is 9.88 Å². The minimum absolute atomic E-state index is 0.0438. The van der Waals surface area contributed by atoms with E-state index < -0.39 is 16.7 Å². The van der Waals surface area contributed by atoms with Crippen LogP contribution in [0.3, 0.4) is 0 Å². The lowest BCUT2D eigenvalue weighted by molar-refractivity contribution is -0.384. The number of aromatic nitrogens is 1. The van der Waals surface area contributed by atoms with Crippen molar-refractivity contribution in [2.75, 3.05) is 42.9 Å². The van der Waals surface area contributed by atoms with Gasteiger partial charge >= 0.3 is 6.18 Å². The van der Waals surface area contributed by atoms with Crippen LogP contribution in [-0.2, 0) is 11.0 Å². The van der Waals surface area contributed by atoms with Gasteiger partial charge in [0.15, 0.2) is 5.13 Å². The molecule has 3 aromatic rings. The van der Waals surface area contributed by atoms with Crippen molar-refractivity contribution in [3.63, 3.8) is 0 Å². The fourth-order valence-electron chi connectivity index (χ4n) is 3.49. The van der Waals surface area contributed by atoms with Gasteiger partial charge in [-0.1, -0.05) is 17.4 Å². The summed E-state index contributed by atoms with van der Waals surface area (Å²) in [7, 11) is 0. The highest BCUT2D eigenvalue weighted by Crippen LogP contribution is 2.32. The maximum atomic E-state index is 12.9. The number of fused-ring (bicyclic) bond motifs is 1. The summed E-state index contributed by atoms with van der Waals surface area (Å²) in [4.78, 5) is 30.9. The minimum Gasteiger partial charge on any atom is -0.369 e. The quantitative estimate of drug-likeness (QED) is 0.453. The van der Waals surface area contributed by atoms with Crippen LogP contribution in [0.5, 0.6) is 0 Å². The highest BCUT2D eigenvalue weighted by atomic mass is 32.1. The zero-order chi connectivity index (χ0) is 22.9. The molecule has 2 heterocycles. The molecule has 1 aromatic heterocycles. The van der Waals surface area contributed by atoms with Crippen LogP contribution in [0.15, 0.2) is 42.5 Å². The van der Waals surface area contributed by atoms with Crippen molar-refractivity contribution in [3.05, 3.63) is 58.1 Å². The number of non-ortho nitro benzene ring substituents is 1. The monoisotopic (exact) mass is 465 g/mol. The molecule has 0 aliphatic carbocycles. The van der Waals surface area contributed by atoms with E-state index in [1.165, 1.54) is 24.3 Å². The van der Waals surface area contributed by atoms with E-state index in [1.54, 1.807) is 6.07 Å². The summed E-state index contributed by atoms with van der Waals surface area (Å²) in [6.45, 7) is 2.16. The number of rotatable bonds is 5. The molecule has 1 aliphatic rings. The van der Waals surface area contributed by atoms with Crippen molar-refractivity contribution in [2.45, 2.75) is 6.18 Å². The van der Waals surface area contributed by atoms with Crippen molar-refractivity contribution < 1.29 is 22.9 Å². The maximum Gasteiger partial charge on any atom is 0.416 e. The van der Waals surface area contributed by atoms with Crippen molar-refractivity contribution in [2.24, 2.45) is 0 Å². The zero-order valence-corrected chi connectivity index (χ0v) is 17.4. The summed E-state index contributed by atoms with van der Waals surface area (Å²) in [5.41, 5.74) is 0.341. The van der Waals surface area contributed by atoms with Crippen LogP contribution < -0.4 is 10.2 Å². The Balaban J connectivity index is 1.32. The first-order valence-corrected chi connectivity index (χ1v) is 10.5. The Morgan fingerprint density at radius 3 is 2.59 bits per heavy atom. The Labute approximate surface area is 184 Å². The van der Waals surface area contributed by atoms with Crippen LogP contribution >= 0.6 is 11.3 Å². The molecule has 2 aromatic carbocycles. The smallest absolute Gasteiger partial charge is 0.369 e. The van der Waals surface area contributed by atoms with Gasteiger partial charge in [0.05, 0.1) is 27.2 Å². The predicted octanol–water partition coefficient (Wildman–Crippen LogP) is 3.98. The molecule has 0 radical (unpaired) electrons. The molecule has 1 N–H and O–H groups in total. The Morgan fingerprint density at radius 1 is 1.16 bits per heavy atom. The van der Waals surface area contributed by atoms with Crippen LogP contribution in [0.4, 0.5) is 29.7 Å². The predicted molar refractivity (Wildman–Crippen MR) is 115 cm³/mol. The second-order valence-corrected chi connectivity index (χ2v) is 8.32. The van der Waals surface area contributed by atoms with E-state index in [0.717, 1.165) is 23.5 Å². The largest absolute Gasteiger partial charge is 0.416 e. The van der Waals surface area contributed by atoms with E-state index in [9.17, 15) is 28.1 Å². The summed E-state index contributed by atoms with van der Waals surface area (Å²) in [6.07, 6.45) is -4.39. The number of carbonyl (C=O) groups is 1. The van der Waals surface area contributed by atoms with Crippen LogP contribution in [0, 0.1) is 10.1 Å². The SMILES string of the molecule is O=C(CN1CCN(c2cccc(C(F)(F)F)c2)CC1)Nc1nc2ccc([N+](=O)[O-])cc2s1. The van der Waals surface area contributed by atoms with Gasteiger partial charge in [0, 0.05) is 44.0 Å². The molecule has 0 spiro atoms. The van der Waals surface area contributed by atoms with Gasteiger partial charge in [-0.3, -0.25) is 19.8 Å². The van der Waals surface area contributed by atoms with Crippen molar-refractivity contribution in [1.29, 1.82) is 0 Å². The molecule has 8 nitrogen and oxygen atoms in total. The number of carbonyl (C=O) groups excluding carboxylic acids is 1. The molecule has 168 valence electrons. The van der Waals surface area contributed by atoms with E-state index >= 15 is 0 Å². The first kappa shape index (κ1) is 22.0. The number of benzene rings is 2. The number of amides is 1. The highest BCUT2D eigenvalue weighted by molar-refractivity contribution is 7.22. The molecule has 0 atom stereocenters. The van der Waals surface area contributed by atoms with E-state index in [2.05, 4.69) is 10.3 Å². The lowest BCUT2D eigenvalue weighted by atomic mass is 10.1. The van der Waals surface area contributed by atoms with Gasteiger partial charge in [0.2, 0.25) is 5.91 Å². The van der Waals surface area contributed by atoms with Gasteiger partial charge in [-0.25, -0.2) is 4.98 Å². The summed E-state index contributed by atoms with van der Waals surface area (Å²) in [6, 6.07) is 9.53. The van der Waals surface area contributed by atoms with E-state index in [4.69, 9.17) is 0 Å². The highest BCUT2D eigenvalue weighted by Gasteiger charge is 2.31. The average Bonchev–Trinajstić information content (AvgIpc) is 3.15. The topological polar surface area (TPSA) is 91.6 Å². The second kappa shape index (κ2) is 8.71. The number of nitro groups is 1. The number of hydrogen-bond acceptors (Lipinski definition) is 7. The second-order valence-electron chi connectivity index (χ2n) is 7.29. The fourth-order valence-corrected chi connectivity index (χ4v) is 4.40. The van der Waals surface area contributed by atoms with Gasteiger partial charge in [-0.2, -0.15) is 13.2 Å². The zero-order valence-electron chi connectivity index (χ0n) is 16.6. The first-order chi connectivity index (χ1) is 15.2. The molecule has 0 bridgehead atoms. The number of halogens is 3. The van der Waals surface area contributed by atoms with Crippen LogP contribution in [-0.4, -0.2) is 53.4 Å². The third-order valence-electron chi connectivity index (χ3n) is 5.11. The Morgan fingerprint density at radius 2 is 1.91 bits per heavy atom. The molecule has 1 aliphatic heterocycles. The van der Waals surface area contributed by atoms with Gasteiger partial charge in [-0.15, -0.1) is 0 Å². The van der Waals surface area contributed by atoms with Gasteiger partial charge in [0.25, 0.3) is 5.69 Å². The number of piperazine rings is 1. The van der Waals surface area contributed by atoms with E-state index in [-0.39, 0.29) is 18.1 Å². The minimum atomic E-state index is -4.39. The molecule has 1 amide bonds. The fraction of sp³-hybridized carbons (Fsp3) is 0.300. The molecular weight excluding hydrogens is 447 g/mol. The van der Waals surface area contributed by atoms with Crippen molar-refractivity contribution in [3.8, 4) is 0 Å². The number of alkyl halides is 3. The van der Waals surface area contributed by atoms with Gasteiger partial charge in [-0.05, 0) is 24.3 Å². The van der Waals surface area contributed by atoms with Crippen molar-refractivity contribution >= 4 is 44.0 Å². The van der Waals surface area contributed by atoms with Crippen LogP contribution in [0.25, 0.3) is 10.2 Å². The van der Waals surface area contributed by atoms with Crippen LogP contribution in [0.2, 0.25) is 0 Å². The Hall–Kier alpha value is -3.25. The molecular formula is C20H18F3N5O3S. The number of nitro benzene ring substituents is 1.